The monoisotopic (exact) mass is 285 g/mol. The molecule has 0 bridgehead atoms. The fourth-order valence-electron chi connectivity index (χ4n) is 1.46. The number of hydrogen-bond donors (Lipinski definition) is 2. The molecule has 2 N–H and O–H groups in total. The zero-order valence-electron chi connectivity index (χ0n) is 11.0. The van der Waals surface area contributed by atoms with Crippen molar-refractivity contribution in [3.63, 3.8) is 0 Å². The minimum Gasteiger partial charge on any atom is -0.476 e. The van der Waals surface area contributed by atoms with Crippen LogP contribution in [-0.2, 0) is 4.79 Å². The van der Waals surface area contributed by atoms with Crippen molar-refractivity contribution < 1.29 is 14.7 Å². The second kappa shape index (κ2) is 6.38. The van der Waals surface area contributed by atoms with Crippen molar-refractivity contribution in [1.82, 2.24) is 10.3 Å². The van der Waals surface area contributed by atoms with Gasteiger partial charge in [0.1, 0.15) is 5.82 Å². The van der Waals surface area contributed by atoms with Crippen LogP contribution in [0.15, 0.2) is 12.1 Å². The standard InChI is InChI=1S/C12H16ClN3O3/c1-7(2)14-10(17)6-16(3)9-5-4-8(13)11(15-9)12(18)19/h4-5,7H,6H2,1-3H3,(H,14,17)(H,18,19). The number of aromatic carboxylic acids is 1. The Labute approximate surface area is 116 Å². The van der Waals surface area contributed by atoms with Gasteiger partial charge >= 0.3 is 5.97 Å². The molecule has 0 aliphatic carbocycles. The number of amides is 1. The Morgan fingerprint density at radius 2 is 2.11 bits per heavy atom. The van der Waals surface area contributed by atoms with Crippen molar-refractivity contribution >= 4 is 29.3 Å². The molecule has 0 atom stereocenters. The molecule has 0 aliphatic rings. The summed E-state index contributed by atoms with van der Waals surface area (Å²) in [5.74, 6) is -0.987. The van der Waals surface area contributed by atoms with Crippen molar-refractivity contribution in [3.05, 3.63) is 22.8 Å². The molecular weight excluding hydrogens is 270 g/mol. The fourth-order valence-corrected chi connectivity index (χ4v) is 1.64. The summed E-state index contributed by atoms with van der Waals surface area (Å²) in [7, 11) is 1.65. The molecule has 0 saturated carbocycles. The third-order valence-corrected chi connectivity index (χ3v) is 2.56. The van der Waals surface area contributed by atoms with Gasteiger partial charge in [-0.25, -0.2) is 9.78 Å². The average molecular weight is 286 g/mol. The lowest BCUT2D eigenvalue weighted by molar-refractivity contribution is -0.120. The van der Waals surface area contributed by atoms with E-state index in [1.807, 2.05) is 13.8 Å². The van der Waals surface area contributed by atoms with Crippen molar-refractivity contribution in [2.24, 2.45) is 0 Å². The third kappa shape index (κ3) is 4.40. The van der Waals surface area contributed by atoms with Crippen LogP contribution in [0.25, 0.3) is 0 Å². The number of pyridine rings is 1. The predicted octanol–water partition coefficient (Wildman–Crippen LogP) is 1.39. The first kappa shape index (κ1) is 15.2. The molecule has 104 valence electrons. The molecule has 0 aliphatic heterocycles. The Bertz CT molecular complexity index is 491. The van der Waals surface area contributed by atoms with Crippen molar-refractivity contribution in [3.8, 4) is 0 Å². The molecule has 0 fully saturated rings. The van der Waals surface area contributed by atoms with E-state index in [1.165, 1.54) is 6.07 Å². The quantitative estimate of drug-likeness (QED) is 0.854. The van der Waals surface area contributed by atoms with E-state index in [9.17, 15) is 9.59 Å². The number of nitrogens with zero attached hydrogens (tertiary/aromatic N) is 2. The molecular formula is C12H16ClN3O3. The van der Waals surface area contributed by atoms with E-state index in [2.05, 4.69) is 10.3 Å². The summed E-state index contributed by atoms with van der Waals surface area (Å²) in [5, 5.41) is 11.7. The summed E-state index contributed by atoms with van der Waals surface area (Å²) in [4.78, 5) is 28.0. The molecule has 1 rings (SSSR count). The predicted molar refractivity (Wildman–Crippen MR) is 72.8 cm³/mol. The normalized spacial score (nSPS) is 10.4. The van der Waals surface area contributed by atoms with Crippen molar-refractivity contribution in [1.29, 1.82) is 0 Å². The number of carboxylic acid groups (broad SMARTS) is 1. The smallest absolute Gasteiger partial charge is 0.356 e. The number of rotatable bonds is 5. The summed E-state index contributed by atoms with van der Waals surface area (Å²) in [6.45, 7) is 3.81. The molecule has 1 aromatic rings. The molecule has 0 radical (unpaired) electrons. The lowest BCUT2D eigenvalue weighted by Crippen LogP contribution is -2.38. The third-order valence-electron chi connectivity index (χ3n) is 2.26. The van der Waals surface area contributed by atoms with Gasteiger partial charge in [-0.15, -0.1) is 0 Å². The topological polar surface area (TPSA) is 82.5 Å². The maximum atomic E-state index is 11.6. The lowest BCUT2D eigenvalue weighted by atomic mass is 10.3. The second-order valence-corrected chi connectivity index (χ2v) is 4.79. The Kier molecular flexibility index (Phi) is 5.11. The SMILES string of the molecule is CC(C)NC(=O)CN(C)c1ccc(Cl)c(C(=O)O)n1. The highest BCUT2D eigenvalue weighted by atomic mass is 35.5. The first-order valence-electron chi connectivity index (χ1n) is 5.71. The molecule has 6 nitrogen and oxygen atoms in total. The summed E-state index contributed by atoms with van der Waals surface area (Å²) in [6, 6.07) is 3.07. The van der Waals surface area contributed by atoms with E-state index in [0.717, 1.165) is 0 Å². The van der Waals surface area contributed by atoms with Gasteiger partial charge in [0.15, 0.2) is 5.69 Å². The van der Waals surface area contributed by atoms with Gasteiger partial charge in [0.2, 0.25) is 5.91 Å². The van der Waals surface area contributed by atoms with E-state index in [1.54, 1.807) is 18.0 Å². The van der Waals surface area contributed by atoms with E-state index in [4.69, 9.17) is 16.7 Å². The van der Waals surface area contributed by atoms with Crippen LogP contribution < -0.4 is 10.2 Å². The average Bonchev–Trinajstić information content (AvgIpc) is 2.27. The minimum absolute atomic E-state index is 0.0497. The van der Waals surface area contributed by atoms with Crippen LogP contribution in [0, 0.1) is 0 Å². The van der Waals surface area contributed by atoms with Crippen LogP contribution in [0.2, 0.25) is 5.02 Å². The lowest BCUT2D eigenvalue weighted by Gasteiger charge is -2.19. The zero-order valence-corrected chi connectivity index (χ0v) is 11.7. The summed E-state index contributed by atoms with van der Waals surface area (Å²) in [6.07, 6.45) is 0. The van der Waals surface area contributed by atoms with Crippen LogP contribution in [0.3, 0.4) is 0 Å². The summed E-state index contributed by atoms with van der Waals surface area (Å²) in [5.41, 5.74) is -0.227. The molecule has 0 unspecified atom stereocenters. The highest BCUT2D eigenvalue weighted by molar-refractivity contribution is 6.33. The van der Waals surface area contributed by atoms with Gasteiger partial charge in [0.25, 0.3) is 0 Å². The molecule has 19 heavy (non-hydrogen) atoms. The molecule has 1 aromatic heterocycles. The molecule has 0 spiro atoms. The van der Waals surface area contributed by atoms with E-state index in [-0.39, 0.29) is 29.2 Å². The molecule has 7 heteroatoms. The van der Waals surface area contributed by atoms with E-state index < -0.39 is 5.97 Å². The zero-order chi connectivity index (χ0) is 14.6. The molecule has 0 aromatic carbocycles. The van der Waals surface area contributed by atoms with Gasteiger partial charge in [-0.2, -0.15) is 0 Å². The number of halogens is 1. The van der Waals surface area contributed by atoms with Crippen LogP contribution in [0.5, 0.6) is 0 Å². The van der Waals surface area contributed by atoms with Crippen LogP contribution >= 0.6 is 11.6 Å². The number of carbonyl (C=O) groups excluding carboxylic acids is 1. The van der Waals surface area contributed by atoms with Crippen LogP contribution in [-0.4, -0.2) is 41.6 Å². The van der Waals surface area contributed by atoms with E-state index >= 15 is 0 Å². The first-order valence-corrected chi connectivity index (χ1v) is 6.09. The number of nitrogens with one attached hydrogen (secondary N) is 1. The number of carboxylic acids is 1. The molecule has 1 amide bonds. The Balaban J connectivity index is 2.83. The number of hydrogen-bond acceptors (Lipinski definition) is 4. The number of anilines is 1. The first-order chi connectivity index (χ1) is 8.81. The van der Waals surface area contributed by atoms with Gasteiger partial charge in [-0.1, -0.05) is 11.6 Å². The van der Waals surface area contributed by atoms with Gasteiger partial charge in [-0.3, -0.25) is 4.79 Å². The fraction of sp³-hybridized carbons (Fsp3) is 0.417. The van der Waals surface area contributed by atoms with Gasteiger partial charge in [-0.05, 0) is 26.0 Å². The number of aromatic nitrogens is 1. The van der Waals surface area contributed by atoms with Gasteiger partial charge in [0, 0.05) is 13.1 Å². The number of likely N-dealkylation sites (N-methyl/N-ethyl adjacent to an activating group) is 1. The molecule has 0 saturated heterocycles. The maximum Gasteiger partial charge on any atom is 0.356 e. The minimum atomic E-state index is -1.20. The highest BCUT2D eigenvalue weighted by Gasteiger charge is 2.15. The van der Waals surface area contributed by atoms with Crippen LogP contribution in [0.4, 0.5) is 5.82 Å². The highest BCUT2D eigenvalue weighted by Crippen LogP contribution is 2.18. The van der Waals surface area contributed by atoms with Gasteiger partial charge in [0.05, 0.1) is 11.6 Å². The van der Waals surface area contributed by atoms with Crippen molar-refractivity contribution in [2.45, 2.75) is 19.9 Å². The Morgan fingerprint density at radius 3 is 2.63 bits per heavy atom. The summed E-state index contributed by atoms with van der Waals surface area (Å²) < 4.78 is 0. The van der Waals surface area contributed by atoms with Gasteiger partial charge < -0.3 is 15.3 Å². The van der Waals surface area contributed by atoms with Crippen molar-refractivity contribution in [2.75, 3.05) is 18.5 Å². The second-order valence-electron chi connectivity index (χ2n) is 4.38. The van der Waals surface area contributed by atoms with E-state index in [0.29, 0.717) is 5.82 Å². The maximum absolute atomic E-state index is 11.6. The summed E-state index contributed by atoms with van der Waals surface area (Å²) >= 11 is 5.73. The van der Waals surface area contributed by atoms with Crippen LogP contribution in [0.1, 0.15) is 24.3 Å². The Morgan fingerprint density at radius 1 is 1.47 bits per heavy atom. The molecule has 1 heterocycles. The Hall–Kier alpha value is -1.82. The number of carbonyl (C=O) groups is 2. The largest absolute Gasteiger partial charge is 0.476 e.